The Balaban J connectivity index is 2.92. The Labute approximate surface area is 89.4 Å². The van der Waals surface area contributed by atoms with Gasteiger partial charge in [-0.05, 0) is 15.9 Å². The van der Waals surface area contributed by atoms with Crippen molar-refractivity contribution < 1.29 is 4.74 Å². The van der Waals surface area contributed by atoms with Crippen molar-refractivity contribution in [3.63, 3.8) is 0 Å². The molecule has 14 heavy (non-hydrogen) atoms. The maximum Gasteiger partial charge on any atom is 0.281 e. The van der Waals surface area contributed by atoms with Gasteiger partial charge in [-0.3, -0.25) is 14.6 Å². The van der Waals surface area contributed by atoms with Crippen LogP contribution in [0.5, 0.6) is 0 Å². The molecule has 1 rings (SSSR count). The number of aryl methyl sites for hydroxylation is 1. The molecule has 1 aromatic heterocycles. The molecule has 0 fully saturated rings. The lowest BCUT2D eigenvalue weighted by molar-refractivity contribution is 0.180. The number of ether oxygens (including phenoxy) is 1. The molecule has 0 saturated carbocycles. The standard InChI is InChI=1S/C8H10BrN3O2/c1-14-5-6-7(9)8(13)12(11-6)4-2-3-10/h11H,2,4-5H2,1H3. The molecule has 0 atom stereocenters. The second kappa shape index (κ2) is 4.98. The number of halogens is 1. The predicted octanol–water partition coefficient (Wildman–Crippen LogP) is 0.999. The van der Waals surface area contributed by atoms with Gasteiger partial charge in [0.05, 0.1) is 31.3 Å². The van der Waals surface area contributed by atoms with Crippen LogP contribution in [0.2, 0.25) is 0 Å². The van der Waals surface area contributed by atoms with Crippen LogP contribution < -0.4 is 5.56 Å². The molecule has 6 heteroatoms. The molecule has 0 spiro atoms. The average molecular weight is 260 g/mol. The van der Waals surface area contributed by atoms with Crippen LogP contribution in [0.3, 0.4) is 0 Å². The summed E-state index contributed by atoms with van der Waals surface area (Å²) in [7, 11) is 1.55. The normalized spacial score (nSPS) is 10.1. The second-order valence-electron chi connectivity index (χ2n) is 2.70. The number of rotatable bonds is 4. The zero-order valence-corrected chi connectivity index (χ0v) is 9.30. The van der Waals surface area contributed by atoms with E-state index in [1.807, 2.05) is 6.07 Å². The summed E-state index contributed by atoms with van der Waals surface area (Å²) < 4.78 is 6.76. The minimum absolute atomic E-state index is 0.160. The first-order chi connectivity index (χ1) is 6.70. The van der Waals surface area contributed by atoms with Gasteiger partial charge >= 0.3 is 0 Å². The molecule has 1 aromatic rings. The van der Waals surface area contributed by atoms with Gasteiger partial charge in [0.2, 0.25) is 0 Å². The van der Waals surface area contributed by atoms with Gasteiger partial charge < -0.3 is 4.74 Å². The molecular formula is C8H10BrN3O2. The number of nitriles is 1. The minimum atomic E-state index is -0.160. The number of hydrogen-bond donors (Lipinski definition) is 1. The highest BCUT2D eigenvalue weighted by atomic mass is 79.9. The smallest absolute Gasteiger partial charge is 0.281 e. The van der Waals surface area contributed by atoms with Gasteiger partial charge in [-0.15, -0.1) is 0 Å². The first kappa shape index (κ1) is 11.0. The van der Waals surface area contributed by atoms with Crippen LogP contribution in [0.15, 0.2) is 9.27 Å². The van der Waals surface area contributed by atoms with E-state index in [1.165, 1.54) is 4.68 Å². The van der Waals surface area contributed by atoms with Crippen molar-refractivity contribution in [2.24, 2.45) is 0 Å². The maximum absolute atomic E-state index is 11.5. The molecule has 0 aliphatic heterocycles. The zero-order valence-electron chi connectivity index (χ0n) is 7.71. The summed E-state index contributed by atoms with van der Waals surface area (Å²) in [5.74, 6) is 0. The topological polar surface area (TPSA) is 70.8 Å². The Bertz CT molecular complexity index is 402. The Morgan fingerprint density at radius 3 is 3.00 bits per heavy atom. The first-order valence-electron chi connectivity index (χ1n) is 4.03. The van der Waals surface area contributed by atoms with Crippen LogP contribution in [0.4, 0.5) is 0 Å². The van der Waals surface area contributed by atoms with E-state index in [0.29, 0.717) is 29.7 Å². The van der Waals surface area contributed by atoms with E-state index in [0.717, 1.165) is 0 Å². The molecule has 0 radical (unpaired) electrons. The minimum Gasteiger partial charge on any atom is -0.378 e. The number of aromatic nitrogens is 2. The van der Waals surface area contributed by atoms with Crippen molar-refractivity contribution in [3.05, 3.63) is 20.5 Å². The lowest BCUT2D eigenvalue weighted by Gasteiger charge is -1.96. The van der Waals surface area contributed by atoms with Gasteiger partial charge in [0, 0.05) is 7.11 Å². The Morgan fingerprint density at radius 2 is 2.43 bits per heavy atom. The van der Waals surface area contributed by atoms with Crippen molar-refractivity contribution in [1.29, 1.82) is 5.26 Å². The molecule has 0 aliphatic rings. The molecule has 1 heterocycles. The van der Waals surface area contributed by atoms with Crippen LogP contribution >= 0.6 is 15.9 Å². The molecule has 5 nitrogen and oxygen atoms in total. The van der Waals surface area contributed by atoms with Crippen LogP contribution in [0.25, 0.3) is 0 Å². The van der Waals surface area contributed by atoms with Crippen molar-refractivity contribution in [2.45, 2.75) is 19.6 Å². The predicted molar refractivity (Wildman–Crippen MR) is 53.7 cm³/mol. The lowest BCUT2D eigenvalue weighted by atomic mass is 10.4. The average Bonchev–Trinajstić information content (AvgIpc) is 2.44. The Morgan fingerprint density at radius 1 is 1.71 bits per heavy atom. The van der Waals surface area contributed by atoms with Gasteiger partial charge in [0.1, 0.15) is 4.47 Å². The fraction of sp³-hybridized carbons (Fsp3) is 0.500. The molecule has 0 unspecified atom stereocenters. The van der Waals surface area contributed by atoms with Gasteiger partial charge in [0.25, 0.3) is 5.56 Å². The highest BCUT2D eigenvalue weighted by Gasteiger charge is 2.10. The molecule has 0 bridgehead atoms. The largest absolute Gasteiger partial charge is 0.378 e. The van der Waals surface area contributed by atoms with Crippen molar-refractivity contribution in [1.82, 2.24) is 9.78 Å². The first-order valence-corrected chi connectivity index (χ1v) is 4.83. The summed E-state index contributed by atoms with van der Waals surface area (Å²) in [6.45, 7) is 0.715. The zero-order chi connectivity index (χ0) is 10.6. The highest BCUT2D eigenvalue weighted by molar-refractivity contribution is 9.10. The number of H-pyrrole nitrogens is 1. The van der Waals surface area contributed by atoms with E-state index in [-0.39, 0.29) is 5.56 Å². The Hall–Kier alpha value is -1.06. The summed E-state index contributed by atoms with van der Waals surface area (Å²) in [6.07, 6.45) is 0.305. The van der Waals surface area contributed by atoms with Crippen molar-refractivity contribution in [3.8, 4) is 6.07 Å². The number of hydrogen-bond acceptors (Lipinski definition) is 3. The number of methoxy groups -OCH3 is 1. The molecule has 76 valence electrons. The maximum atomic E-state index is 11.5. The Kier molecular flexibility index (Phi) is 3.92. The molecule has 0 aliphatic carbocycles. The van der Waals surface area contributed by atoms with E-state index < -0.39 is 0 Å². The molecule has 0 saturated heterocycles. The van der Waals surface area contributed by atoms with Crippen LogP contribution in [0.1, 0.15) is 12.1 Å². The molecule has 1 N–H and O–H groups in total. The molecule has 0 amide bonds. The van der Waals surface area contributed by atoms with Gasteiger partial charge in [-0.2, -0.15) is 5.26 Å². The van der Waals surface area contributed by atoms with E-state index in [2.05, 4.69) is 21.0 Å². The van der Waals surface area contributed by atoms with E-state index in [1.54, 1.807) is 7.11 Å². The highest BCUT2D eigenvalue weighted by Crippen LogP contribution is 2.10. The molecule has 0 aromatic carbocycles. The monoisotopic (exact) mass is 259 g/mol. The summed E-state index contributed by atoms with van der Waals surface area (Å²) in [5, 5.41) is 11.2. The van der Waals surface area contributed by atoms with E-state index in [9.17, 15) is 4.79 Å². The quantitative estimate of drug-likeness (QED) is 0.877. The number of aromatic amines is 1. The third-order valence-corrected chi connectivity index (χ3v) is 2.52. The van der Waals surface area contributed by atoms with Gasteiger partial charge in [0.15, 0.2) is 0 Å². The lowest BCUT2D eigenvalue weighted by Crippen LogP contribution is -2.16. The number of nitrogens with zero attached hydrogens (tertiary/aromatic N) is 2. The molecular weight excluding hydrogens is 250 g/mol. The van der Waals surface area contributed by atoms with Gasteiger partial charge in [-0.25, -0.2) is 0 Å². The fourth-order valence-electron chi connectivity index (χ4n) is 1.07. The number of nitrogens with one attached hydrogen (secondary N) is 1. The summed E-state index contributed by atoms with van der Waals surface area (Å²) in [5.41, 5.74) is 0.530. The summed E-state index contributed by atoms with van der Waals surface area (Å²) >= 11 is 3.17. The summed E-state index contributed by atoms with van der Waals surface area (Å²) in [6, 6.07) is 1.98. The van der Waals surface area contributed by atoms with Crippen LogP contribution in [-0.4, -0.2) is 16.9 Å². The van der Waals surface area contributed by atoms with E-state index >= 15 is 0 Å². The van der Waals surface area contributed by atoms with Crippen molar-refractivity contribution in [2.75, 3.05) is 7.11 Å². The van der Waals surface area contributed by atoms with Crippen LogP contribution in [0, 0.1) is 11.3 Å². The SMILES string of the molecule is COCc1[nH]n(CCC#N)c(=O)c1Br. The summed E-state index contributed by atoms with van der Waals surface area (Å²) in [4.78, 5) is 11.5. The van der Waals surface area contributed by atoms with Crippen molar-refractivity contribution >= 4 is 15.9 Å². The van der Waals surface area contributed by atoms with E-state index in [4.69, 9.17) is 10.00 Å². The fourth-order valence-corrected chi connectivity index (χ4v) is 1.49. The van der Waals surface area contributed by atoms with Crippen LogP contribution in [-0.2, 0) is 17.9 Å². The third-order valence-electron chi connectivity index (χ3n) is 1.70. The second-order valence-corrected chi connectivity index (χ2v) is 3.50. The third kappa shape index (κ3) is 2.25. The van der Waals surface area contributed by atoms with Gasteiger partial charge in [-0.1, -0.05) is 0 Å².